The van der Waals surface area contributed by atoms with Crippen molar-refractivity contribution in [3.8, 4) is 0 Å². The normalized spacial score (nSPS) is 9.94. The van der Waals surface area contributed by atoms with E-state index in [-0.39, 0.29) is 5.56 Å². The van der Waals surface area contributed by atoms with Crippen LogP contribution in [0.1, 0.15) is 10.4 Å². The maximum Gasteiger partial charge on any atom is 0.335 e. The van der Waals surface area contributed by atoms with Gasteiger partial charge in [-0.25, -0.2) is 4.79 Å². The number of nitrogens with one attached hydrogen (secondary N) is 1. The third-order valence-electron chi connectivity index (χ3n) is 2.22. The zero-order valence-electron chi connectivity index (χ0n) is 8.85. The monoisotopic (exact) mass is 247 g/mol. The first-order valence-corrected chi connectivity index (χ1v) is 5.39. The molecule has 3 nitrogen and oxygen atoms in total. The minimum absolute atomic E-state index is 0.247. The van der Waals surface area contributed by atoms with Gasteiger partial charge in [-0.15, -0.1) is 0 Å². The molecule has 0 aliphatic rings. The first-order valence-electron chi connectivity index (χ1n) is 5.01. The second-order valence-corrected chi connectivity index (χ2v) is 3.96. The summed E-state index contributed by atoms with van der Waals surface area (Å²) in [5.41, 5.74) is 1.78. The highest BCUT2D eigenvalue weighted by Gasteiger charge is 2.03. The average Bonchev–Trinajstić information content (AvgIpc) is 2.29. The molecule has 0 aliphatic heterocycles. The molecule has 0 spiro atoms. The molecule has 17 heavy (non-hydrogen) atoms. The van der Waals surface area contributed by atoms with E-state index in [9.17, 15) is 4.79 Å². The Bertz CT molecular complexity index is 555. The van der Waals surface area contributed by atoms with Crippen LogP contribution in [-0.4, -0.2) is 11.1 Å². The van der Waals surface area contributed by atoms with Crippen molar-refractivity contribution in [1.82, 2.24) is 0 Å². The molecule has 0 aromatic heterocycles. The highest BCUT2D eigenvalue weighted by molar-refractivity contribution is 6.30. The van der Waals surface area contributed by atoms with Crippen LogP contribution in [0.2, 0.25) is 5.02 Å². The molecule has 2 N–H and O–H groups in total. The Labute approximate surface area is 104 Å². The van der Waals surface area contributed by atoms with E-state index in [1.807, 2.05) is 12.1 Å². The van der Waals surface area contributed by atoms with Crippen LogP contribution in [-0.2, 0) is 0 Å². The maximum atomic E-state index is 10.8. The highest BCUT2D eigenvalue weighted by Crippen LogP contribution is 2.20. The van der Waals surface area contributed by atoms with Gasteiger partial charge in [-0.05, 0) is 36.4 Å². The molecule has 86 valence electrons. The maximum absolute atomic E-state index is 10.8. The minimum Gasteiger partial charge on any atom is -0.478 e. The summed E-state index contributed by atoms with van der Waals surface area (Å²) in [5.74, 6) is -0.945. The van der Waals surface area contributed by atoms with E-state index >= 15 is 0 Å². The fraction of sp³-hybridized carbons (Fsp3) is 0. The van der Waals surface area contributed by atoms with Crippen molar-refractivity contribution in [1.29, 1.82) is 0 Å². The molecule has 0 radical (unpaired) electrons. The lowest BCUT2D eigenvalue weighted by molar-refractivity contribution is 0.0697. The Kier molecular flexibility index (Phi) is 3.30. The largest absolute Gasteiger partial charge is 0.478 e. The number of halogens is 1. The van der Waals surface area contributed by atoms with Gasteiger partial charge in [0.25, 0.3) is 0 Å². The summed E-state index contributed by atoms with van der Waals surface area (Å²) in [6, 6.07) is 13.8. The number of aromatic carboxylic acids is 1. The molecule has 0 unspecified atom stereocenters. The smallest absolute Gasteiger partial charge is 0.335 e. The first-order chi connectivity index (χ1) is 8.15. The molecule has 0 aliphatic carbocycles. The number of carboxylic acids is 1. The summed E-state index contributed by atoms with van der Waals surface area (Å²) in [6.07, 6.45) is 0. The van der Waals surface area contributed by atoms with Gasteiger partial charge < -0.3 is 10.4 Å². The van der Waals surface area contributed by atoms with Gasteiger partial charge in [0.15, 0.2) is 0 Å². The van der Waals surface area contributed by atoms with E-state index in [1.165, 1.54) is 0 Å². The van der Waals surface area contributed by atoms with Gasteiger partial charge in [-0.1, -0.05) is 23.7 Å². The van der Waals surface area contributed by atoms with Crippen molar-refractivity contribution >= 4 is 28.9 Å². The van der Waals surface area contributed by atoms with Crippen LogP contribution in [0.15, 0.2) is 48.5 Å². The van der Waals surface area contributed by atoms with Gasteiger partial charge in [0.05, 0.1) is 5.56 Å². The van der Waals surface area contributed by atoms with Crippen LogP contribution in [0.3, 0.4) is 0 Å². The zero-order valence-corrected chi connectivity index (χ0v) is 9.61. The van der Waals surface area contributed by atoms with Crippen molar-refractivity contribution in [3.63, 3.8) is 0 Å². The van der Waals surface area contributed by atoms with E-state index < -0.39 is 5.97 Å². The molecule has 2 rings (SSSR count). The third-order valence-corrected chi connectivity index (χ3v) is 2.46. The highest BCUT2D eigenvalue weighted by atomic mass is 35.5. The van der Waals surface area contributed by atoms with Crippen molar-refractivity contribution in [2.75, 3.05) is 5.32 Å². The molecule has 2 aromatic rings. The van der Waals surface area contributed by atoms with Crippen molar-refractivity contribution in [2.45, 2.75) is 0 Å². The second kappa shape index (κ2) is 4.89. The predicted molar refractivity (Wildman–Crippen MR) is 68.1 cm³/mol. The number of hydrogen-bond acceptors (Lipinski definition) is 2. The topological polar surface area (TPSA) is 49.3 Å². The SMILES string of the molecule is O=C(O)c1cccc(Nc2cccc(Cl)c2)c1. The first kappa shape index (κ1) is 11.5. The number of carboxylic acid groups (broad SMARTS) is 1. The molecule has 2 aromatic carbocycles. The molecule has 0 atom stereocenters. The van der Waals surface area contributed by atoms with Crippen LogP contribution in [0.5, 0.6) is 0 Å². The third kappa shape index (κ3) is 2.98. The fourth-order valence-electron chi connectivity index (χ4n) is 1.46. The van der Waals surface area contributed by atoms with Gasteiger partial charge in [0, 0.05) is 16.4 Å². The molecular formula is C13H10ClNO2. The molecule has 0 amide bonds. The van der Waals surface area contributed by atoms with E-state index in [2.05, 4.69) is 5.32 Å². The number of carbonyl (C=O) groups is 1. The van der Waals surface area contributed by atoms with Gasteiger partial charge in [-0.2, -0.15) is 0 Å². The lowest BCUT2D eigenvalue weighted by Crippen LogP contribution is -1.97. The molecular weight excluding hydrogens is 238 g/mol. The van der Waals surface area contributed by atoms with Crippen molar-refractivity contribution < 1.29 is 9.90 Å². The van der Waals surface area contributed by atoms with Crippen molar-refractivity contribution in [2.24, 2.45) is 0 Å². The van der Waals surface area contributed by atoms with Crippen LogP contribution in [0, 0.1) is 0 Å². The summed E-state index contributed by atoms with van der Waals surface area (Å²) < 4.78 is 0. The Morgan fingerprint density at radius 2 is 1.71 bits per heavy atom. The zero-order chi connectivity index (χ0) is 12.3. The van der Waals surface area contributed by atoms with E-state index in [1.54, 1.807) is 36.4 Å². The van der Waals surface area contributed by atoms with Crippen molar-refractivity contribution in [3.05, 3.63) is 59.1 Å². The van der Waals surface area contributed by atoms with E-state index in [0.29, 0.717) is 10.7 Å². The standard InChI is InChI=1S/C13H10ClNO2/c14-10-4-2-6-12(8-10)15-11-5-1-3-9(7-11)13(16)17/h1-8,15H,(H,16,17). The second-order valence-electron chi connectivity index (χ2n) is 3.52. The van der Waals surface area contributed by atoms with Crippen LogP contribution < -0.4 is 5.32 Å². The average molecular weight is 248 g/mol. The van der Waals surface area contributed by atoms with Gasteiger partial charge in [-0.3, -0.25) is 0 Å². The molecule has 0 bridgehead atoms. The lowest BCUT2D eigenvalue weighted by Gasteiger charge is -2.07. The number of benzene rings is 2. The van der Waals surface area contributed by atoms with Gasteiger partial charge in [0.2, 0.25) is 0 Å². The van der Waals surface area contributed by atoms with Crippen LogP contribution in [0.4, 0.5) is 11.4 Å². The fourth-order valence-corrected chi connectivity index (χ4v) is 1.65. The van der Waals surface area contributed by atoms with E-state index in [0.717, 1.165) is 5.69 Å². The van der Waals surface area contributed by atoms with Gasteiger partial charge in [0.1, 0.15) is 0 Å². The molecule has 0 saturated carbocycles. The van der Waals surface area contributed by atoms with Crippen LogP contribution in [0.25, 0.3) is 0 Å². The number of anilines is 2. The molecule has 0 saturated heterocycles. The molecule has 0 fully saturated rings. The summed E-state index contributed by atoms with van der Waals surface area (Å²) >= 11 is 5.86. The molecule has 0 heterocycles. The lowest BCUT2D eigenvalue weighted by atomic mass is 10.2. The van der Waals surface area contributed by atoms with E-state index in [4.69, 9.17) is 16.7 Å². The Morgan fingerprint density at radius 1 is 1.06 bits per heavy atom. The van der Waals surface area contributed by atoms with Crippen LogP contribution >= 0.6 is 11.6 Å². The predicted octanol–water partition coefficient (Wildman–Crippen LogP) is 3.78. The quantitative estimate of drug-likeness (QED) is 0.868. The Morgan fingerprint density at radius 3 is 2.35 bits per heavy atom. The van der Waals surface area contributed by atoms with Gasteiger partial charge >= 0.3 is 5.97 Å². The number of rotatable bonds is 3. The number of hydrogen-bond donors (Lipinski definition) is 2. The summed E-state index contributed by atoms with van der Waals surface area (Å²) in [5, 5.41) is 12.6. The summed E-state index contributed by atoms with van der Waals surface area (Å²) in [6.45, 7) is 0. The minimum atomic E-state index is -0.945. The Balaban J connectivity index is 2.24. The summed E-state index contributed by atoms with van der Waals surface area (Å²) in [4.78, 5) is 10.8. The molecule has 4 heteroatoms. The summed E-state index contributed by atoms with van der Waals surface area (Å²) in [7, 11) is 0. The Hall–Kier alpha value is -2.00.